The Kier molecular flexibility index (Phi) is 4.62. The molecule has 2 saturated heterocycles. The van der Waals surface area contributed by atoms with E-state index >= 15 is 0 Å². The maximum absolute atomic E-state index is 9.83. The molecule has 0 bridgehead atoms. The van der Waals surface area contributed by atoms with Crippen molar-refractivity contribution < 1.29 is 9.84 Å². The van der Waals surface area contributed by atoms with Crippen LogP contribution in [0.2, 0.25) is 0 Å². The van der Waals surface area contributed by atoms with E-state index in [9.17, 15) is 5.11 Å². The maximum atomic E-state index is 9.83. The van der Waals surface area contributed by atoms with Gasteiger partial charge < -0.3 is 14.7 Å². The number of hydrogen-bond acceptors (Lipinski definition) is 3. The summed E-state index contributed by atoms with van der Waals surface area (Å²) in [6.07, 6.45) is 6.16. The lowest BCUT2D eigenvalue weighted by Gasteiger charge is -2.38. The Balaban J connectivity index is 1.76. The quantitative estimate of drug-likeness (QED) is 0.795. The van der Waals surface area contributed by atoms with E-state index in [1.165, 1.54) is 19.3 Å². The summed E-state index contributed by atoms with van der Waals surface area (Å²) in [6.45, 7) is 6.28. The molecule has 0 amide bonds. The number of hydrogen-bond donors (Lipinski definition) is 1. The first-order chi connectivity index (χ1) is 7.79. The van der Waals surface area contributed by atoms with Crippen molar-refractivity contribution in [1.82, 2.24) is 4.90 Å². The van der Waals surface area contributed by atoms with Crippen molar-refractivity contribution in [3.63, 3.8) is 0 Å². The zero-order chi connectivity index (χ0) is 11.4. The van der Waals surface area contributed by atoms with Crippen LogP contribution in [0, 0.1) is 5.92 Å². The molecule has 3 heteroatoms. The first kappa shape index (κ1) is 12.3. The molecule has 0 aromatic heterocycles. The van der Waals surface area contributed by atoms with Gasteiger partial charge in [0.2, 0.25) is 0 Å². The number of ether oxygens (including phenoxy) is 1. The van der Waals surface area contributed by atoms with Crippen LogP contribution in [0.4, 0.5) is 0 Å². The minimum atomic E-state index is -0.0754. The average molecular weight is 227 g/mol. The number of nitrogens with zero attached hydrogens (tertiary/aromatic N) is 1. The molecule has 0 aliphatic carbocycles. The third kappa shape index (κ3) is 3.19. The molecule has 2 aliphatic heterocycles. The fraction of sp³-hybridized carbons (Fsp3) is 1.00. The molecule has 0 aromatic carbocycles. The summed E-state index contributed by atoms with van der Waals surface area (Å²) in [6, 6.07) is 0. The standard InChI is InChI=1S/C13H25NO2/c1-2-11-9-14(7-6-13(11)15)10-12-5-3-4-8-16-12/h11-13,15H,2-10H2,1H3. The summed E-state index contributed by atoms with van der Waals surface area (Å²) in [5.74, 6) is 0.470. The van der Waals surface area contributed by atoms with Crippen LogP contribution in [0.1, 0.15) is 39.0 Å². The monoisotopic (exact) mass is 227 g/mol. The number of piperidine rings is 1. The van der Waals surface area contributed by atoms with Crippen LogP contribution in [-0.2, 0) is 4.74 Å². The maximum Gasteiger partial charge on any atom is 0.0702 e. The molecule has 0 aromatic rings. The van der Waals surface area contributed by atoms with Gasteiger partial charge >= 0.3 is 0 Å². The molecule has 2 rings (SSSR count). The summed E-state index contributed by atoms with van der Waals surface area (Å²) in [5.41, 5.74) is 0. The topological polar surface area (TPSA) is 32.7 Å². The minimum Gasteiger partial charge on any atom is -0.393 e. The highest BCUT2D eigenvalue weighted by Crippen LogP contribution is 2.22. The highest BCUT2D eigenvalue weighted by molar-refractivity contribution is 4.81. The van der Waals surface area contributed by atoms with Gasteiger partial charge in [0.1, 0.15) is 0 Å². The van der Waals surface area contributed by atoms with Crippen molar-refractivity contribution in [2.75, 3.05) is 26.2 Å². The average Bonchev–Trinajstić information content (AvgIpc) is 2.33. The molecule has 2 heterocycles. The first-order valence-corrected chi connectivity index (χ1v) is 6.81. The summed E-state index contributed by atoms with van der Waals surface area (Å²) in [4.78, 5) is 2.48. The summed E-state index contributed by atoms with van der Waals surface area (Å²) >= 11 is 0. The van der Waals surface area contributed by atoms with Gasteiger partial charge in [-0.1, -0.05) is 6.92 Å². The number of aliphatic hydroxyl groups excluding tert-OH is 1. The first-order valence-electron chi connectivity index (χ1n) is 6.81. The van der Waals surface area contributed by atoms with E-state index < -0.39 is 0 Å². The molecule has 0 radical (unpaired) electrons. The van der Waals surface area contributed by atoms with E-state index in [1.807, 2.05) is 0 Å². The third-order valence-electron chi connectivity index (χ3n) is 4.04. The Labute approximate surface area is 98.8 Å². The van der Waals surface area contributed by atoms with Gasteiger partial charge in [0.05, 0.1) is 12.2 Å². The van der Waals surface area contributed by atoms with Gasteiger partial charge in [-0.15, -0.1) is 0 Å². The van der Waals surface area contributed by atoms with Crippen LogP contribution < -0.4 is 0 Å². The van der Waals surface area contributed by atoms with Crippen molar-refractivity contribution in [1.29, 1.82) is 0 Å². The lowest BCUT2D eigenvalue weighted by atomic mass is 9.92. The van der Waals surface area contributed by atoms with Gasteiger partial charge in [-0.05, 0) is 38.0 Å². The largest absolute Gasteiger partial charge is 0.393 e. The second kappa shape index (κ2) is 5.99. The van der Waals surface area contributed by atoms with E-state index in [-0.39, 0.29) is 6.10 Å². The Hall–Kier alpha value is -0.120. The SMILES string of the molecule is CCC1CN(CC2CCCCO2)CCC1O. The van der Waals surface area contributed by atoms with Crippen molar-refractivity contribution in [2.24, 2.45) is 5.92 Å². The molecule has 3 unspecified atom stereocenters. The van der Waals surface area contributed by atoms with Crippen LogP contribution in [0.25, 0.3) is 0 Å². The predicted molar refractivity (Wildman–Crippen MR) is 64.4 cm³/mol. The lowest BCUT2D eigenvalue weighted by Crippen LogP contribution is -2.46. The van der Waals surface area contributed by atoms with Gasteiger partial charge in [0.15, 0.2) is 0 Å². The van der Waals surface area contributed by atoms with Crippen molar-refractivity contribution in [2.45, 2.75) is 51.2 Å². The van der Waals surface area contributed by atoms with Crippen molar-refractivity contribution in [3.8, 4) is 0 Å². The fourth-order valence-electron chi connectivity index (χ4n) is 2.90. The van der Waals surface area contributed by atoms with E-state index in [0.717, 1.165) is 39.1 Å². The van der Waals surface area contributed by atoms with Crippen LogP contribution in [0.3, 0.4) is 0 Å². The van der Waals surface area contributed by atoms with Crippen molar-refractivity contribution in [3.05, 3.63) is 0 Å². The zero-order valence-electron chi connectivity index (χ0n) is 10.4. The molecule has 3 nitrogen and oxygen atoms in total. The molecule has 2 aliphatic rings. The second-order valence-corrected chi connectivity index (χ2v) is 5.27. The predicted octanol–water partition coefficient (Wildman–Crippen LogP) is 1.65. The Morgan fingerprint density at radius 3 is 2.88 bits per heavy atom. The van der Waals surface area contributed by atoms with Gasteiger partial charge in [-0.3, -0.25) is 0 Å². The molecular weight excluding hydrogens is 202 g/mol. The Bertz CT molecular complexity index is 204. The van der Waals surface area contributed by atoms with E-state index in [1.54, 1.807) is 0 Å². The molecule has 3 atom stereocenters. The molecular formula is C13H25NO2. The Morgan fingerprint density at radius 2 is 2.19 bits per heavy atom. The van der Waals surface area contributed by atoms with Crippen molar-refractivity contribution >= 4 is 0 Å². The van der Waals surface area contributed by atoms with Crippen LogP contribution >= 0.6 is 0 Å². The highest BCUT2D eigenvalue weighted by atomic mass is 16.5. The zero-order valence-corrected chi connectivity index (χ0v) is 10.4. The molecule has 1 N–H and O–H groups in total. The number of rotatable bonds is 3. The third-order valence-corrected chi connectivity index (χ3v) is 4.04. The van der Waals surface area contributed by atoms with E-state index in [4.69, 9.17) is 4.74 Å². The van der Waals surface area contributed by atoms with Crippen LogP contribution in [0.15, 0.2) is 0 Å². The van der Waals surface area contributed by atoms with E-state index in [2.05, 4.69) is 11.8 Å². The summed E-state index contributed by atoms with van der Waals surface area (Å²) in [7, 11) is 0. The summed E-state index contributed by atoms with van der Waals surface area (Å²) < 4.78 is 5.77. The van der Waals surface area contributed by atoms with Crippen LogP contribution in [0.5, 0.6) is 0 Å². The number of likely N-dealkylation sites (tertiary alicyclic amines) is 1. The minimum absolute atomic E-state index is 0.0754. The number of aliphatic hydroxyl groups is 1. The molecule has 0 spiro atoms. The van der Waals surface area contributed by atoms with Gasteiger partial charge in [-0.2, -0.15) is 0 Å². The van der Waals surface area contributed by atoms with E-state index in [0.29, 0.717) is 12.0 Å². The smallest absolute Gasteiger partial charge is 0.0702 e. The van der Waals surface area contributed by atoms with Gasteiger partial charge in [-0.25, -0.2) is 0 Å². The molecule has 16 heavy (non-hydrogen) atoms. The van der Waals surface area contributed by atoms with Crippen LogP contribution in [-0.4, -0.2) is 48.5 Å². The molecule has 0 saturated carbocycles. The fourth-order valence-corrected chi connectivity index (χ4v) is 2.90. The van der Waals surface area contributed by atoms with Gasteiger partial charge in [0, 0.05) is 26.2 Å². The molecule has 94 valence electrons. The summed E-state index contributed by atoms with van der Waals surface area (Å²) in [5, 5.41) is 9.83. The normalized spacial score (nSPS) is 37.5. The lowest BCUT2D eigenvalue weighted by molar-refractivity contribution is -0.0320. The highest BCUT2D eigenvalue weighted by Gasteiger charge is 2.28. The van der Waals surface area contributed by atoms with Gasteiger partial charge in [0.25, 0.3) is 0 Å². The second-order valence-electron chi connectivity index (χ2n) is 5.27. The Morgan fingerprint density at radius 1 is 1.31 bits per heavy atom. The molecule has 2 fully saturated rings.